The Morgan fingerprint density at radius 3 is 2.74 bits per heavy atom. The molecule has 1 aliphatic rings. The summed E-state index contributed by atoms with van der Waals surface area (Å²) in [6.07, 6.45) is 5.23. The van der Waals surface area contributed by atoms with Crippen molar-refractivity contribution in [1.82, 2.24) is 9.55 Å². The Kier molecular flexibility index (Phi) is 4.41. The Hall–Kier alpha value is -2.63. The molecule has 3 rings (SSSR count). The summed E-state index contributed by atoms with van der Waals surface area (Å²) in [5.74, 6) is 0.125. The van der Waals surface area contributed by atoms with Crippen molar-refractivity contribution in [2.45, 2.75) is 25.3 Å². The van der Waals surface area contributed by atoms with Crippen molar-refractivity contribution >= 4 is 11.8 Å². The molecule has 0 radical (unpaired) electrons. The Bertz CT molecular complexity index is 738. The Morgan fingerprint density at radius 2 is 2.09 bits per heavy atom. The van der Waals surface area contributed by atoms with E-state index in [2.05, 4.69) is 22.4 Å². The molecule has 0 amide bonds. The number of aromatic nitrogens is 2. The van der Waals surface area contributed by atoms with Crippen LogP contribution in [0, 0.1) is 5.92 Å². The molecule has 1 fully saturated rings. The minimum absolute atomic E-state index is 0.204. The highest BCUT2D eigenvalue weighted by Gasteiger charge is 2.32. The van der Waals surface area contributed by atoms with Crippen molar-refractivity contribution in [3.8, 4) is 0 Å². The van der Waals surface area contributed by atoms with Crippen molar-refractivity contribution in [2.75, 3.05) is 11.9 Å². The molecule has 0 spiro atoms. The van der Waals surface area contributed by atoms with Gasteiger partial charge in [-0.3, -0.25) is 14.2 Å². The van der Waals surface area contributed by atoms with Crippen molar-refractivity contribution in [2.24, 2.45) is 5.92 Å². The Balaban J connectivity index is 1.74. The van der Waals surface area contributed by atoms with E-state index in [9.17, 15) is 9.59 Å². The lowest BCUT2D eigenvalue weighted by Gasteiger charge is -2.18. The van der Waals surface area contributed by atoms with Crippen LogP contribution in [-0.2, 0) is 11.3 Å². The quantitative estimate of drug-likeness (QED) is 0.816. The molecule has 1 aromatic heterocycles. The van der Waals surface area contributed by atoms with Gasteiger partial charge in [-0.15, -0.1) is 0 Å². The summed E-state index contributed by atoms with van der Waals surface area (Å²) >= 11 is 0. The monoisotopic (exact) mass is 313 g/mol. The van der Waals surface area contributed by atoms with E-state index in [1.165, 1.54) is 30.8 Å². The van der Waals surface area contributed by atoms with Gasteiger partial charge in [0.2, 0.25) is 0 Å². The van der Waals surface area contributed by atoms with Crippen LogP contribution < -0.4 is 10.9 Å². The van der Waals surface area contributed by atoms with Crippen LogP contribution in [0.15, 0.2) is 47.5 Å². The third-order valence-corrected chi connectivity index (χ3v) is 4.13. The predicted octanol–water partition coefficient (Wildman–Crippen LogP) is 1.93. The highest BCUT2D eigenvalue weighted by Crippen LogP contribution is 2.42. The first-order chi connectivity index (χ1) is 11.1. The van der Waals surface area contributed by atoms with E-state index >= 15 is 0 Å². The summed E-state index contributed by atoms with van der Waals surface area (Å²) < 4.78 is 1.15. The van der Waals surface area contributed by atoms with Crippen LogP contribution in [0.1, 0.15) is 24.3 Å². The molecule has 23 heavy (non-hydrogen) atoms. The van der Waals surface area contributed by atoms with Crippen molar-refractivity contribution in [1.29, 1.82) is 0 Å². The third-order valence-electron chi connectivity index (χ3n) is 4.13. The van der Waals surface area contributed by atoms with E-state index in [-0.39, 0.29) is 12.4 Å². The highest BCUT2D eigenvalue weighted by atomic mass is 16.4. The minimum Gasteiger partial charge on any atom is -0.480 e. The SMILES string of the molecule is O=C(O)Cn1ccnc(NCC(c2ccccc2)C2CC2)c1=O. The van der Waals surface area contributed by atoms with Gasteiger partial charge >= 0.3 is 5.97 Å². The van der Waals surface area contributed by atoms with E-state index < -0.39 is 11.5 Å². The largest absolute Gasteiger partial charge is 0.480 e. The van der Waals surface area contributed by atoms with Gasteiger partial charge in [0.25, 0.3) is 5.56 Å². The van der Waals surface area contributed by atoms with Crippen LogP contribution in [0.5, 0.6) is 0 Å². The van der Waals surface area contributed by atoms with E-state index in [4.69, 9.17) is 5.11 Å². The van der Waals surface area contributed by atoms with Gasteiger partial charge in [0.05, 0.1) is 0 Å². The molecule has 1 unspecified atom stereocenters. The number of aliphatic carboxylic acids is 1. The van der Waals surface area contributed by atoms with Crippen molar-refractivity contribution in [3.05, 3.63) is 58.6 Å². The van der Waals surface area contributed by atoms with Gasteiger partial charge in [-0.1, -0.05) is 30.3 Å². The summed E-state index contributed by atoms with van der Waals surface area (Å²) in [4.78, 5) is 27.0. The summed E-state index contributed by atoms with van der Waals surface area (Å²) in [7, 11) is 0. The molecular formula is C17H19N3O3. The summed E-state index contributed by atoms with van der Waals surface area (Å²) in [6.45, 7) is 0.259. The lowest BCUT2D eigenvalue weighted by Crippen LogP contribution is -2.28. The molecule has 0 saturated heterocycles. The molecular weight excluding hydrogens is 294 g/mol. The number of benzene rings is 1. The number of carboxylic acid groups (broad SMARTS) is 1. The lowest BCUT2D eigenvalue weighted by atomic mass is 9.94. The molecule has 1 heterocycles. The number of hydrogen-bond donors (Lipinski definition) is 2. The van der Waals surface area contributed by atoms with Gasteiger partial charge in [-0.2, -0.15) is 0 Å². The lowest BCUT2D eigenvalue weighted by molar-refractivity contribution is -0.137. The molecule has 120 valence electrons. The fourth-order valence-corrected chi connectivity index (χ4v) is 2.80. The minimum atomic E-state index is -1.05. The number of hydrogen-bond acceptors (Lipinski definition) is 4. The van der Waals surface area contributed by atoms with E-state index in [0.29, 0.717) is 18.4 Å². The van der Waals surface area contributed by atoms with Crippen LogP contribution in [0.2, 0.25) is 0 Å². The second-order valence-electron chi connectivity index (χ2n) is 5.84. The molecule has 1 aliphatic carbocycles. The fourth-order valence-electron chi connectivity index (χ4n) is 2.80. The second kappa shape index (κ2) is 6.64. The van der Waals surface area contributed by atoms with Crippen LogP contribution in [0.25, 0.3) is 0 Å². The summed E-state index contributed by atoms with van der Waals surface area (Å²) in [6, 6.07) is 10.2. The number of nitrogens with zero attached hydrogens (tertiary/aromatic N) is 2. The van der Waals surface area contributed by atoms with Gasteiger partial charge < -0.3 is 10.4 Å². The number of carboxylic acids is 1. The first-order valence-corrected chi connectivity index (χ1v) is 7.71. The Morgan fingerprint density at radius 1 is 1.35 bits per heavy atom. The number of carbonyl (C=O) groups is 1. The maximum Gasteiger partial charge on any atom is 0.323 e. The van der Waals surface area contributed by atoms with Crippen LogP contribution in [-0.4, -0.2) is 27.2 Å². The van der Waals surface area contributed by atoms with Crippen LogP contribution in [0.4, 0.5) is 5.82 Å². The molecule has 1 aromatic carbocycles. The Labute approximate surface area is 133 Å². The average Bonchev–Trinajstić information content (AvgIpc) is 3.36. The summed E-state index contributed by atoms with van der Waals surface area (Å²) in [5, 5.41) is 11.9. The molecule has 1 atom stereocenters. The summed E-state index contributed by atoms with van der Waals surface area (Å²) in [5.41, 5.74) is 0.849. The molecule has 1 saturated carbocycles. The van der Waals surface area contributed by atoms with Gasteiger partial charge in [0.1, 0.15) is 6.54 Å². The molecule has 6 heteroatoms. The number of rotatable bonds is 7. The fraction of sp³-hybridized carbons (Fsp3) is 0.353. The standard InChI is InChI=1S/C17H19N3O3/c21-15(22)11-20-9-8-18-16(17(20)23)19-10-14(13-6-7-13)12-4-2-1-3-5-12/h1-5,8-9,13-14H,6-7,10-11H2,(H,18,19)(H,21,22). The zero-order valence-corrected chi connectivity index (χ0v) is 12.7. The average molecular weight is 313 g/mol. The van der Waals surface area contributed by atoms with Gasteiger partial charge in [0.15, 0.2) is 5.82 Å². The first kappa shape index (κ1) is 15.3. The third kappa shape index (κ3) is 3.77. The molecule has 0 aliphatic heterocycles. The van der Waals surface area contributed by atoms with Crippen LogP contribution >= 0.6 is 0 Å². The van der Waals surface area contributed by atoms with Gasteiger partial charge in [-0.25, -0.2) is 4.98 Å². The van der Waals surface area contributed by atoms with Crippen molar-refractivity contribution in [3.63, 3.8) is 0 Å². The molecule has 2 aromatic rings. The second-order valence-corrected chi connectivity index (χ2v) is 5.84. The molecule has 6 nitrogen and oxygen atoms in total. The zero-order chi connectivity index (χ0) is 16.2. The normalized spacial score (nSPS) is 15.1. The van der Waals surface area contributed by atoms with Gasteiger partial charge in [0, 0.05) is 24.9 Å². The maximum atomic E-state index is 12.2. The van der Waals surface area contributed by atoms with E-state index in [1.807, 2.05) is 18.2 Å². The zero-order valence-electron chi connectivity index (χ0n) is 12.7. The first-order valence-electron chi connectivity index (χ1n) is 7.71. The number of anilines is 1. The number of nitrogens with one attached hydrogen (secondary N) is 1. The van der Waals surface area contributed by atoms with Gasteiger partial charge in [-0.05, 0) is 24.3 Å². The highest BCUT2D eigenvalue weighted by molar-refractivity contribution is 5.66. The topological polar surface area (TPSA) is 84.2 Å². The van der Waals surface area contributed by atoms with Crippen LogP contribution in [0.3, 0.4) is 0 Å². The van der Waals surface area contributed by atoms with E-state index in [1.54, 1.807) is 0 Å². The molecule has 0 bridgehead atoms. The molecule has 2 N–H and O–H groups in total. The smallest absolute Gasteiger partial charge is 0.323 e. The van der Waals surface area contributed by atoms with Crippen molar-refractivity contribution < 1.29 is 9.90 Å². The maximum absolute atomic E-state index is 12.2. The predicted molar refractivity (Wildman–Crippen MR) is 86.5 cm³/mol. The van der Waals surface area contributed by atoms with E-state index in [0.717, 1.165) is 4.57 Å².